The number of nitrogens with zero attached hydrogens (tertiary/aromatic N) is 2. The Morgan fingerprint density at radius 3 is 2.83 bits per heavy atom. The van der Waals surface area contributed by atoms with Crippen molar-refractivity contribution < 1.29 is 0 Å². The predicted molar refractivity (Wildman–Crippen MR) is 48.8 cm³/mol. The van der Waals surface area contributed by atoms with E-state index in [2.05, 4.69) is 11.7 Å². The lowest BCUT2D eigenvalue weighted by Gasteiger charge is -1.99. The van der Waals surface area contributed by atoms with Crippen molar-refractivity contribution in [3.8, 4) is 6.07 Å². The van der Waals surface area contributed by atoms with E-state index in [1.807, 2.05) is 6.07 Å². The molecule has 0 saturated carbocycles. The second kappa shape index (κ2) is 3.54. The predicted octanol–water partition coefficient (Wildman–Crippen LogP) is 1.34. The van der Waals surface area contributed by atoms with Crippen LogP contribution < -0.4 is 5.73 Å². The molecular formula is C9H9N3. The van der Waals surface area contributed by atoms with Crippen LogP contribution in [0.4, 0.5) is 5.69 Å². The summed E-state index contributed by atoms with van der Waals surface area (Å²) < 4.78 is 0. The molecule has 0 fully saturated rings. The fraction of sp³-hybridized carbons (Fsp3) is 0.111. The molecule has 3 heteroatoms. The maximum atomic E-state index is 8.60. The zero-order valence-corrected chi connectivity index (χ0v) is 6.62. The maximum Gasteiger partial charge on any atom is 0.0992 e. The summed E-state index contributed by atoms with van der Waals surface area (Å²) in [4.78, 5) is 3.71. The lowest BCUT2D eigenvalue weighted by molar-refractivity contribution is 1.08. The molecule has 1 aromatic rings. The van der Waals surface area contributed by atoms with Crippen molar-refractivity contribution in [1.29, 1.82) is 5.26 Å². The lowest BCUT2D eigenvalue weighted by Crippen LogP contribution is -1.90. The average Bonchev–Trinajstić information content (AvgIpc) is 2.04. The first-order valence-corrected chi connectivity index (χ1v) is 3.48. The van der Waals surface area contributed by atoms with Gasteiger partial charge in [-0.05, 0) is 30.5 Å². The normalized spacial score (nSPS) is 8.92. The summed E-state index contributed by atoms with van der Waals surface area (Å²) in [6, 6.07) is 7.20. The molecule has 0 heterocycles. The van der Waals surface area contributed by atoms with Gasteiger partial charge in [0.2, 0.25) is 0 Å². The molecule has 0 aliphatic rings. The zero-order valence-electron chi connectivity index (χ0n) is 6.62. The number of rotatable bonds is 2. The van der Waals surface area contributed by atoms with Crippen LogP contribution in [0.25, 0.3) is 0 Å². The molecule has 0 spiro atoms. The van der Waals surface area contributed by atoms with E-state index in [1.165, 1.54) is 0 Å². The number of benzene rings is 1. The van der Waals surface area contributed by atoms with Crippen LogP contribution in [0.1, 0.15) is 11.1 Å². The minimum Gasteiger partial charge on any atom is -0.399 e. The minimum absolute atomic E-state index is 0.500. The van der Waals surface area contributed by atoms with Gasteiger partial charge < -0.3 is 5.73 Å². The number of anilines is 1. The van der Waals surface area contributed by atoms with E-state index in [-0.39, 0.29) is 0 Å². The van der Waals surface area contributed by atoms with Crippen molar-refractivity contribution in [1.82, 2.24) is 0 Å². The highest BCUT2D eigenvalue weighted by molar-refractivity contribution is 5.48. The van der Waals surface area contributed by atoms with Gasteiger partial charge in [0.15, 0.2) is 0 Å². The zero-order chi connectivity index (χ0) is 8.97. The molecule has 0 bridgehead atoms. The molecule has 0 radical (unpaired) electrons. The van der Waals surface area contributed by atoms with Crippen molar-refractivity contribution >= 4 is 12.4 Å². The standard InChI is InChI=1S/C9H9N3/c1-12-6-8-2-7(5-10)3-9(11)4-8/h2-4H,1,6,11H2. The van der Waals surface area contributed by atoms with Crippen LogP contribution in [0, 0.1) is 11.3 Å². The Kier molecular flexibility index (Phi) is 2.44. The van der Waals surface area contributed by atoms with Crippen LogP contribution in [0.15, 0.2) is 23.2 Å². The van der Waals surface area contributed by atoms with Gasteiger partial charge in [0, 0.05) is 5.69 Å². The molecule has 0 aromatic heterocycles. The highest BCUT2D eigenvalue weighted by atomic mass is 14.7. The van der Waals surface area contributed by atoms with Gasteiger partial charge in [-0.2, -0.15) is 5.26 Å². The van der Waals surface area contributed by atoms with Crippen LogP contribution in [0.5, 0.6) is 0 Å². The van der Waals surface area contributed by atoms with Gasteiger partial charge in [-0.15, -0.1) is 0 Å². The Morgan fingerprint density at radius 1 is 1.50 bits per heavy atom. The molecule has 0 atom stereocenters. The molecular weight excluding hydrogens is 150 g/mol. The highest BCUT2D eigenvalue weighted by Crippen LogP contribution is 2.11. The third-order valence-electron chi connectivity index (χ3n) is 1.44. The number of hydrogen-bond acceptors (Lipinski definition) is 3. The number of nitriles is 1. The maximum absolute atomic E-state index is 8.60. The van der Waals surface area contributed by atoms with E-state index in [0.29, 0.717) is 17.8 Å². The Bertz CT molecular complexity index is 336. The number of nitrogens with two attached hydrogens (primary N) is 1. The molecule has 3 nitrogen and oxygen atoms in total. The van der Waals surface area contributed by atoms with Crippen LogP contribution in [-0.4, -0.2) is 6.72 Å². The molecule has 0 saturated heterocycles. The van der Waals surface area contributed by atoms with Crippen LogP contribution in [0.2, 0.25) is 0 Å². The third kappa shape index (κ3) is 1.83. The molecule has 0 aliphatic carbocycles. The Labute approximate surface area is 71.2 Å². The number of nitrogen functional groups attached to an aromatic ring is 1. The molecule has 12 heavy (non-hydrogen) atoms. The summed E-state index contributed by atoms with van der Waals surface area (Å²) in [5, 5.41) is 8.60. The first-order valence-electron chi connectivity index (χ1n) is 3.48. The molecule has 2 N–H and O–H groups in total. The first-order chi connectivity index (χ1) is 5.76. The molecule has 0 unspecified atom stereocenters. The summed E-state index contributed by atoms with van der Waals surface area (Å²) >= 11 is 0. The lowest BCUT2D eigenvalue weighted by atomic mass is 10.1. The van der Waals surface area contributed by atoms with Gasteiger partial charge in [-0.3, -0.25) is 4.99 Å². The molecule has 60 valence electrons. The van der Waals surface area contributed by atoms with Crippen molar-refractivity contribution in [3.05, 3.63) is 29.3 Å². The quantitative estimate of drug-likeness (QED) is 0.522. The van der Waals surface area contributed by atoms with Crippen molar-refractivity contribution in [3.63, 3.8) is 0 Å². The average molecular weight is 159 g/mol. The summed E-state index contributed by atoms with van der Waals surface area (Å²) in [5.74, 6) is 0. The highest BCUT2D eigenvalue weighted by Gasteiger charge is 1.96. The van der Waals surface area contributed by atoms with Crippen LogP contribution in [0.3, 0.4) is 0 Å². The summed E-state index contributed by atoms with van der Waals surface area (Å²) in [7, 11) is 0. The Balaban J connectivity index is 3.07. The number of hydrogen-bond donors (Lipinski definition) is 1. The fourth-order valence-electron chi connectivity index (χ4n) is 1.00. The van der Waals surface area contributed by atoms with Crippen molar-refractivity contribution in [2.75, 3.05) is 5.73 Å². The van der Waals surface area contributed by atoms with Crippen molar-refractivity contribution in [2.24, 2.45) is 4.99 Å². The topological polar surface area (TPSA) is 62.2 Å². The third-order valence-corrected chi connectivity index (χ3v) is 1.44. The second-order valence-corrected chi connectivity index (χ2v) is 2.46. The summed E-state index contributed by atoms with van der Waals surface area (Å²) in [6.45, 7) is 3.87. The van der Waals surface area contributed by atoms with E-state index >= 15 is 0 Å². The van der Waals surface area contributed by atoms with Gasteiger partial charge in [0.25, 0.3) is 0 Å². The van der Waals surface area contributed by atoms with Gasteiger partial charge in [-0.25, -0.2) is 0 Å². The smallest absolute Gasteiger partial charge is 0.0992 e. The Hall–Kier alpha value is -1.82. The monoisotopic (exact) mass is 159 g/mol. The van der Waals surface area contributed by atoms with Crippen LogP contribution in [-0.2, 0) is 6.54 Å². The van der Waals surface area contributed by atoms with Gasteiger partial charge >= 0.3 is 0 Å². The number of aliphatic imine (C=N–C) groups is 1. The van der Waals surface area contributed by atoms with E-state index in [0.717, 1.165) is 5.56 Å². The van der Waals surface area contributed by atoms with Gasteiger partial charge in [-0.1, -0.05) is 0 Å². The van der Waals surface area contributed by atoms with E-state index in [4.69, 9.17) is 11.0 Å². The summed E-state index contributed by atoms with van der Waals surface area (Å²) in [6.07, 6.45) is 0. The minimum atomic E-state index is 0.500. The largest absolute Gasteiger partial charge is 0.399 e. The molecule has 1 aromatic carbocycles. The second-order valence-electron chi connectivity index (χ2n) is 2.46. The SMILES string of the molecule is C=NCc1cc(N)cc(C#N)c1. The fourth-order valence-corrected chi connectivity index (χ4v) is 1.00. The van der Waals surface area contributed by atoms with E-state index < -0.39 is 0 Å². The molecule has 0 aliphatic heterocycles. The Morgan fingerprint density at radius 2 is 2.25 bits per heavy atom. The molecule has 0 amide bonds. The van der Waals surface area contributed by atoms with Crippen LogP contribution >= 0.6 is 0 Å². The molecule has 1 rings (SSSR count). The van der Waals surface area contributed by atoms with E-state index in [9.17, 15) is 0 Å². The van der Waals surface area contributed by atoms with Gasteiger partial charge in [0.05, 0.1) is 18.2 Å². The van der Waals surface area contributed by atoms with Gasteiger partial charge in [0.1, 0.15) is 0 Å². The van der Waals surface area contributed by atoms with Crippen molar-refractivity contribution in [2.45, 2.75) is 6.54 Å². The van der Waals surface area contributed by atoms with E-state index in [1.54, 1.807) is 18.2 Å². The first kappa shape index (κ1) is 8.28. The summed E-state index contributed by atoms with van der Waals surface area (Å²) in [5.41, 5.74) is 7.62.